The van der Waals surface area contributed by atoms with E-state index in [9.17, 15) is 13.2 Å². The Morgan fingerprint density at radius 1 is 1.37 bits per heavy atom. The van der Waals surface area contributed by atoms with Crippen LogP contribution >= 0.6 is 0 Å². The lowest BCUT2D eigenvalue weighted by Crippen LogP contribution is -2.46. The molecule has 1 fully saturated rings. The Balaban J connectivity index is 1.72. The topological polar surface area (TPSA) is 110 Å². The smallest absolute Gasteiger partial charge is 0.243 e. The van der Waals surface area contributed by atoms with E-state index in [1.165, 1.54) is 4.31 Å². The lowest BCUT2D eigenvalue weighted by Gasteiger charge is -2.31. The normalized spacial score (nSPS) is 18.2. The number of nitrogens with zero attached hydrogens (tertiary/aromatic N) is 5. The maximum Gasteiger partial charge on any atom is 0.243 e. The second-order valence-electron chi connectivity index (χ2n) is 7.75. The largest absolute Gasteiger partial charge is 0.383 e. The number of sulfonamides is 1. The maximum absolute atomic E-state index is 13.2. The number of carbonyl (C=O) groups excluding carboxylic acids is 1. The second-order valence-corrected chi connectivity index (χ2v) is 9.69. The Labute approximate surface area is 177 Å². The van der Waals surface area contributed by atoms with Crippen LogP contribution in [0, 0.1) is 5.92 Å². The van der Waals surface area contributed by atoms with E-state index in [2.05, 4.69) is 15.6 Å². The van der Waals surface area contributed by atoms with Crippen molar-refractivity contribution in [2.75, 3.05) is 54.0 Å². The number of ether oxygens (including phenoxy) is 1. The second kappa shape index (κ2) is 9.82. The van der Waals surface area contributed by atoms with E-state index in [4.69, 9.17) is 4.74 Å². The van der Waals surface area contributed by atoms with Gasteiger partial charge in [0.05, 0.1) is 29.5 Å². The summed E-state index contributed by atoms with van der Waals surface area (Å²) < 4.78 is 34.5. The molecule has 166 valence electrons. The molecular weight excluding hydrogens is 408 g/mol. The fourth-order valence-corrected chi connectivity index (χ4v) is 5.07. The minimum absolute atomic E-state index is 0.0895. The first-order valence-electron chi connectivity index (χ1n) is 10.1. The summed E-state index contributed by atoms with van der Waals surface area (Å²) in [5.74, 6) is -0.428. The first kappa shape index (κ1) is 22.6. The van der Waals surface area contributed by atoms with Crippen molar-refractivity contribution in [3.63, 3.8) is 0 Å². The first-order chi connectivity index (χ1) is 14.3. The Hall–Kier alpha value is -2.08. The van der Waals surface area contributed by atoms with Crippen molar-refractivity contribution in [1.82, 2.24) is 29.5 Å². The number of piperidine rings is 1. The highest BCUT2D eigenvalue weighted by atomic mass is 32.2. The third-order valence-corrected chi connectivity index (χ3v) is 7.10. The lowest BCUT2D eigenvalue weighted by atomic mass is 9.99. The summed E-state index contributed by atoms with van der Waals surface area (Å²) >= 11 is 0. The molecule has 0 bridgehead atoms. The van der Waals surface area contributed by atoms with Gasteiger partial charge in [-0.15, -0.1) is 5.10 Å². The summed E-state index contributed by atoms with van der Waals surface area (Å²) in [5.41, 5.74) is 1.27. The van der Waals surface area contributed by atoms with E-state index in [1.54, 1.807) is 30.0 Å². The van der Waals surface area contributed by atoms with E-state index in [1.807, 2.05) is 19.0 Å². The third kappa shape index (κ3) is 5.15. The molecule has 10 nitrogen and oxygen atoms in total. The molecule has 30 heavy (non-hydrogen) atoms. The van der Waals surface area contributed by atoms with Gasteiger partial charge >= 0.3 is 0 Å². The van der Waals surface area contributed by atoms with Crippen LogP contribution in [0.1, 0.15) is 12.8 Å². The zero-order valence-electron chi connectivity index (χ0n) is 17.7. The minimum atomic E-state index is -3.72. The number of aromatic nitrogens is 3. The van der Waals surface area contributed by atoms with Crippen LogP contribution in [0.25, 0.3) is 11.0 Å². The molecule has 0 saturated carbocycles. The van der Waals surface area contributed by atoms with Crippen molar-refractivity contribution >= 4 is 27.0 Å². The molecule has 0 unspecified atom stereocenters. The van der Waals surface area contributed by atoms with Gasteiger partial charge in [-0.25, -0.2) is 13.1 Å². The summed E-state index contributed by atoms with van der Waals surface area (Å²) in [6.45, 7) is 2.91. The Bertz CT molecular complexity index is 975. The Kier molecular flexibility index (Phi) is 7.40. The number of carbonyl (C=O) groups is 1. The molecule has 2 aromatic rings. The minimum Gasteiger partial charge on any atom is -0.383 e. The van der Waals surface area contributed by atoms with Crippen molar-refractivity contribution in [2.24, 2.45) is 5.92 Å². The molecule has 1 aromatic heterocycles. The van der Waals surface area contributed by atoms with Gasteiger partial charge in [0.25, 0.3) is 0 Å². The fourth-order valence-electron chi connectivity index (χ4n) is 3.53. The van der Waals surface area contributed by atoms with E-state index in [0.29, 0.717) is 44.6 Å². The molecule has 1 aromatic carbocycles. The van der Waals surface area contributed by atoms with Gasteiger partial charge in [-0.05, 0) is 45.1 Å². The van der Waals surface area contributed by atoms with Gasteiger partial charge in [-0.2, -0.15) is 4.31 Å². The molecule has 11 heteroatoms. The van der Waals surface area contributed by atoms with Gasteiger partial charge in [0.1, 0.15) is 5.52 Å². The number of nitrogens with one attached hydrogen (secondary N) is 1. The monoisotopic (exact) mass is 438 g/mol. The van der Waals surface area contributed by atoms with Gasteiger partial charge in [0, 0.05) is 33.3 Å². The number of methoxy groups -OCH3 is 1. The number of benzene rings is 1. The summed E-state index contributed by atoms with van der Waals surface area (Å²) in [4.78, 5) is 14.6. The van der Waals surface area contributed by atoms with E-state index < -0.39 is 10.0 Å². The molecule has 0 spiro atoms. The van der Waals surface area contributed by atoms with E-state index in [-0.39, 0.29) is 23.3 Å². The predicted octanol–water partition coefficient (Wildman–Crippen LogP) is 0.156. The Morgan fingerprint density at radius 2 is 2.17 bits per heavy atom. The van der Waals surface area contributed by atoms with E-state index >= 15 is 0 Å². The van der Waals surface area contributed by atoms with Crippen molar-refractivity contribution in [1.29, 1.82) is 0 Å². The standard InChI is InChI=1S/C19H30N6O4S/c1-23(2)10-8-20-19(26)15-5-4-9-24(14-15)30(27,28)16-6-7-18-17(13-16)21-22-25(18)11-12-29-3/h6-7,13,15H,4-5,8-12,14H2,1-3H3,(H,20,26)/t15-/m0/s1. The zero-order valence-corrected chi connectivity index (χ0v) is 18.6. The molecule has 1 aliphatic rings. The molecule has 2 heterocycles. The number of amides is 1. The molecule has 3 rings (SSSR count). The molecule has 1 amide bonds. The number of hydrogen-bond donors (Lipinski definition) is 1. The molecule has 1 saturated heterocycles. The molecule has 1 N–H and O–H groups in total. The zero-order chi connectivity index (χ0) is 21.7. The molecule has 0 radical (unpaired) electrons. The van der Waals surface area contributed by atoms with Gasteiger partial charge < -0.3 is 15.0 Å². The van der Waals surface area contributed by atoms with Crippen molar-refractivity contribution in [3.8, 4) is 0 Å². The lowest BCUT2D eigenvalue weighted by molar-refractivity contribution is -0.126. The Morgan fingerprint density at radius 3 is 2.90 bits per heavy atom. The van der Waals surface area contributed by atoms with Crippen LogP contribution in [0.3, 0.4) is 0 Å². The fraction of sp³-hybridized carbons (Fsp3) is 0.632. The summed E-state index contributed by atoms with van der Waals surface area (Å²) in [7, 11) is 1.77. The highest BCUT2D eigenvalue weighted by Crippen LogP contribution is 2.25. The average molecular weight is 439 g/mol. The van der Waals surface area contributed by atoms with Crippen LogP contribution in [0.5, 0.6) is 0 Å². The van der Waals surface area contributed by atoms with Crippen molar-refractivity contribution in [2.45, 2.75) is 24.3 Å². The van der Waals surface area contributed by atoms with Gasteiger partial charge in [0.2, 0.25) is 15.9 Å². The van der Waals surface area contributed by atoms with Gasteiger partial charge in [0.15, 0.2) is 0 Å². The number of fused-ring (bicyclic) bond motifs is 1. The van der Waals surface area contributed by atoms with Crippen LogP contribution in [-0.4, -0.2) is 92.5 Å². The van der Waals surface area contributed by atoms with Crippen LogP contribution in [0.4, 0.5) is 0 Å². The van der Waals surface area contributed by atoms with Crippen molar-refractivity contribution in [3.05, 3.63) is 18.2 Å². The van der Waals surface area contributed by atoms with Crippen LogP contribution in [0.2, 0.25) is 0 Å². The number of rotatable bonds is 9. The third-order valence-electron chi connectivity index (χ3n) is 5.24. The highest BCUT2D eigenvalue weighted by molar-refractivity contribution is 7.89. The van der Waals surface area contributed by atoms with Crippen molar-refractivity contribution < 1.29 is 17.9 Å². The first-order valence-corrected chi connectivity index (χ1v) is 11.5. The molecule has 1 atom stereocenters. The van der Waals surface area contributed by atoms with Gasteiger partial charge in [-0.1, -0.05) is 5.21 Å². The summed E-state index contributed by atoms with van der Waals surface area (Å²) in [6.07, 6.45) is 1.34. The summed E-state index contributed by atoms with van der Waals surface area (Å²) in [6, 6.07) is 4.83. The maximum atomic E-state index is 13.2. The van der Waals surface area contributed by atoms with Crippen LogP contribution < -0.4 is 5.32 Å². The predicted molar refractivity (Wildman–Crippen MR) is 112 cm³/mol. The van der Waals surface area contributed by atoms with Crippen LogP contribution in [0.15, 0.2) is 23.1 Å². The van der Waals surface area contributed by atoms with Gasteiger partial charge in [-0.3, -0.25) is 4.79 Å². The summed E-state index contributed by atoms with van der Waals surface area (Å²) in [5, 5.41) is 11.1. The molecule has 0 aliphatic carbocycles. The SMILES string of the molecule is COCCn1nnc2cc(S(=O)(=O)N3CCC[C@H](C(=O)NCCN(C)C)C3)ccc21. The average Bonchev–Trinajstić information content (AvgIpc) is 3.14. The number of hydrogen-bond acceptors (Lipinski definition) is 7. The van der Waals surface area contributed by atoms with Crippen LogP contribution in [-0.2, 0) is 26.1 Å². The van der Waals surface area contributed by atoms with E-state index in [0.717, 1.165) is 12.1 Å². The highest BCUT2D eigenvalue weighted by Gasteiger charge is 2.33. The number of likely N-dealkylation sites (N-methyl/N-ethyl adjacent to an activating group) is 1. The quantitative estimate of drug-likeness (QED) is 0.594. The molecule has 1 aliphatic heterocycles. The molecular formula is C19H30N6O4S.